The van der Waals surface area contributed by atoms with E-state index in [2.05, 4.69) is 0 Å². The lowest BCUT2D eigenvalue weighted by atomic mass is 9.95. The molecule has 1 aliphatic carbocycles. The average Bonchev–Trinajstić information content (AvgIpc) is 2.51. The number of carbonyl (C=O) groups is 1. The van der Waals surface area contributed by atoms with Gasteiger partial charge in [-0.1, -0.05) is 20.8 Å². The molecule has 0 spiro atoms. The second kappa shape index (κ2) is 2.47. The molecule has 0 N–H and O–H groups in total. The smallest absolute Gasteiger partial charge is 0.258 e. The third kappa shape index (κ3) is 1.23. The summed E-state index contributed by atoms with van der Waals surface area (Å²) in [5, 5.41) is 0. The lowest BCUT2D eigenvalue weighted by Crippen LogP contribution is -2.40. The number of amides is 1. The van der Waals surface area contributed by atoms with Crippen molar-refractivity contribution in [2.24, 2.45) is 17.3 Å². The zero-order valence-corrected chi connectivity index (χ0v) is 8.68. The van der Waals surface area contributed by atoms with Crippen LogP contribution in [0, 0.1) is 17.3 Å². The van der Waals surface area contributed by atoms with Crippen molar-refractivity contribution >= 4 is 5.91 Å². The van der Waals surface area contributed by atoms with E-state index in [9.17, 15) is 13.6 Å². The van der Waals surface area contributed by atoms with Crippen LogP contribution in [0.5, 0.6) is 0 Å². The fourth-order valence-corrected chi connectivity index (χ4v) is 2.15. The molecule has 0 aromatic heterocycles. The predicted octanol–water partition coefficient (Wildman–Crippen LogP) is 1.76. The largest absolute Gasteiger partial charge is 0.341 e. The van der Waals surface area contributed by atoms with Crippen LogP contribution in [0.4, 0.5) is 8.78 Å². The van der Waals surface area contributed by atoms with Crippen LogP contribution in [0.2, 0.25) is 0 Å². The quantitative estimate of drug-likeness (QED) is 0.587. The maximum atomic E-state index is 12.8. The van der Waals surface area contributed by atoms with Crippen molar-refractivity contribution in [3.8, 4) is 0 Å². The number of hydrogen-bond acceptors (Lipinski definition) is 1. The molecule has 80 valence electrons. The Bertz CT molecular complexity index is 268. The topological polar surface area (TPSA) is 20.3 Å². The molecule has 0 radical (unpaired) electrons. The third-order valence-electron chi connectivity index (χ3n) is 3.13. The highest BCUT2D eigenvalue weighted by Gasteiger charge is 2.72. The summed E-state index contributed by atoms with van der Waals surface area (Å²) in [7, 11) is 0. The Balaban J connectivity index is 1.98. The van der Waals surface area contributed by atoms with E-state index in [1.807, 2.05) is 20.8 Å². The summed E-state index contributed by atoms with van der Waals surface area (Å²) in [4.78, 5) is 13.3. The van der Waals surface area contributed by atoms with Crippen molar-refractivity contribution < 1.29 is 13.6 Å². The van der Waals surface area contributed by atoms with E-state index < -0.39 is 23.2 Å². The van der Waals surface area contributed by atoms with Gasteiger partial charge in [0, 0.05) is 18.5 Å². The van der Waals surface area contributed by atoms with E-state index in [0.29, 0.717) is 0 Å². The minimum absolute atomic E-state index is 0.0134. The van der Waals surface area contributed by atoms with E-state index in [-0.39, 0.29) is 19.0 Å². The molecule has 14 heavy (non-hydrogen) atoms. The molecular formula is C10H15F2NO. The summed E-state index contributed by atoms with van der Waals surface area (Å²) in [6, 6.07) is 0. The van der Waals surface area contributed by atoms with Crippen molar-refractivity contribution in [1.82, 2.24) is 4.90 Å². The highest BCUT2D eigenvalue weighted by Crippen LogP contribution is 2.59. The summed E-state index contributed by atoms with van der Waals surface area (Å²) < 4.78 is 25.7. The number of rotatable bonds is 0. The zero-order valence-electron chi connectivity index (χ0n) is 8.68. The Morgan fingerprint density at radius 2 is 1.71 bits per heavy atom. The van der Waals surface area contributed by atoms with E-state index in [4.69, 9.17) is 0 Å². The Hall–Kier alpha value is -0.670. The van der Waals surface area contributed by atoms with Crippen LogP contribution >= 0.6 is 0 Å². The van der Waals surface area contributed by atoms with Gasteiger partial charge in [-0.3, -0.25) is 4.79 Å². The normalized spacial score (nSPS) is 34.2. The van der Waals surface area contributed by atoms with Crippen LogP contribution in [0.1, 0.15) is 20.8 Å². The highest BCUT2D eigenvalue weighted by molar-refractivity contribution is 5.82. The molecule has 2 aliphatic rings. The van der Waals surface area contributed by atoms with Crippen molar-refractivity contribution in [1.29, 1.82) is 0 Å². The van der Waals surface area contributed by atoms with E-state index in [1.54, 1.807) is 4.90 Å². The minimum Gasteiger partial charge on any atom is -0.341 e. The summed E-state index contributed by atoms with van der Waals surface area (Å²) in [5.41, 5.74) is -0.452. The molecule has 2 rings (SSSR count). The maximum absolute atomic E-state index is 12.8. The van der Waals surface area contributed by atoms with E-state index in [1.165, 1.54) is 0 Å². The second-order valence-corrected chi connectivity index (χ2v) is 5.35. The first kappa shape index (κ1) is 9.87. The first-order valence-electron chi connectivity index (χ1n) is 4.92. The van der Waals surface area contributed by atoms with Crippen LogP contribution in [0.15, 0.2) is 0 Å². The van der Waals surface area contributed by atoms with Crippen molar-refractivity contribution in [3.05, 3.63) is 0 Å². The number of halogens is 2. The van der Waals surface area contributed by atoms with Crippen LogP contribution < -0.4 is 0 Å². The molecule has 2 fully saturated rings. The molecule has 2 atom stereocenters. The fourth-order valence-electron chi connectivity index (χ4n) is 2.15. The maximum Gasteiger partial charge on any atom is 0.258 e. The van der Waals surface area contributed by atoms with Gasteiger partial charge in [0.1, 0.15) is 0 Å². The number of alkyl halides is 2. The van der Waals surface area contributed by atoms with Gasteiger partial charge in [-0.25, -0.2) is 8.78 Å². The molecule has 1 aliphatic heterocycles. The van der Waals surface area contributed by atoms with Crippen molar-refractivity contribution in [2.45, 2.75) is 26.7 Å². The molecule has 4 heteroatoms. The number of piperidine rings is 1. The second-order valence-electron chi connectivity index (χ2n) is 5.35. The molecule has 2 nitrogen and oxygen atoms in total. The number of likely N-dealkylation sites (tertiary alicyclic amines) is 1. The van der Waals surface area contributed by atoms with Crippen LogP contribution in [0.3, 0.4) is 0 Å². The van der Waals surface area contributed by atoms with E-state index >= 15 is 0 Å². The molecule has 1 heterocycles. The Morgan fingerprint density at radius 3 is 2.07 bits per heavy atom. The molecule has 1 saturated carbocycles. The molecular weight excluding hydrogens is 188 g/mol. The van der Waals surface area contributed by atoms with Gasteiger partial charge in [-0.05, 0) is 0 Å². The standard InChI is InChI=1S/C10H15F2NO/c1-9(2,3)8(14)13-4-6-7(5-13)10(6,11)12/h6-7H,4-5H2,1-3H3. The summed E-state index contributed by atoms with van der Waals surface area (Å²) in [6.07, 6.45) is 0. The number of nitrogens with zero attached hydrogens (tertiary/aromatic N) is 1. The molecule has 0 bridgehead atoms. The molecule has 0 aromatic carbocycles. The lowest BCUT2D eigenvalue weighted by Gasteiger charge is -2.27. The number of carbonyl (C=O) groups excluding carboxylic acids is 1. The van der Waals surface area contributed by atoms with Gasteiger partial charge in [-0.2, -0.15) is 0 Å². The van der Waals surface area contributed by atoms with Gasteiger partial charge in [0.2, 0.25) is 5.91 Å². The molecule has 1 amide bonds. The summed E-state index contributed by atoms with van der Waals surface area (Å²) >= 11 is 0. The van der Waals surface area contributed by atoms with E-state index in [0.717, 1.165) is 0 Å². The predicted molar refractivity (Wildman–Crippen MR) is 48.0 cm³/mol. The Morgan fingerprint density at radius 1 is 1.29 bits per heavy atom. The average molecular weight is 203 g/mol. The Kier molecular flexibility index (Phi) is 1.74. The first-order chi connectivity index (χ1) is 6.24. The first-order valence-corrected chi connectivity index (χ1v) is 4.92. The Labute approximate surface area is 82.3 Å². The van der Waals surface area contributed by atoms with Gasteiger partial charge < -0.3 is 4.90 Å². The van der Waals surface area contributed by atoms with Crippen molar-refractivity contribution in [3.63, 3.8) is 0 Å². The SMILES string of the molecule is CC(C)(C)C(=O)N1CC2C(C1)C2(F)F. The van der Waals surface area contributed by atoms with Crippen molar-refractivity contribution in [2.75, 3.05) is 13.1 Å². The van der Waals surface area contributed by atoms with Gasteiger partial charge in [-0.15, -0.1) is 0 Å². The number of hydrogen-bond donors (Lipinski definition) is 0. The zero-order chi connectivity index (χ0) is 10.7. The van der Waals surface area contributed by atoms with Gasteiger partial charge in [0.15, 0.2) is 0 Å². The fraction of sp³-hybridized carbons (Fsp3) is 0.900. The number of fused-ring (bicyclic) bond motifs is 1. The summed E-state index contributed by atoms with van der Waals surface area (Å²) in [5.74, 6) is -3.63. The minimum atomic E-state index is -2.49. The van der Waals surface area contributed by atoms with Crippen LogP contribution in [-0.4, -0.2) is 29.8 Å². The molecule has 1 saturated heterocycles. The molecule has 2 unspecified atom stereocenters. The van der Waals surface area contributed by atoms with Gasteiger partial charge in [0.05, 0.1) is 11.8 Å². The lowest BCUT2D eigenvalue weighted by molar-refractivity contribution is -0.139. The van der Waals surface area contributed by atoms with Gasteiger partial charge >= 0.3 is 0 Å². The molecule has 0 aromatic rings. The monoisotopic (exact) mass is 203 g/mol. The summed E-state index contributed by atoms with van der Waals surface area (Å²) in [6.45, 7) is 5.94. The van der Waals surface area contributed by atoms with Crippen LogP contribution in [0.25, 0.3) is 0 Å². The third-order valence-corrected chi connectivity index (χ3v) is 3.13. The highest BCUT2D eigenvalue weighted by atomic mass is 19.3. The van der Waals surface area contributed by atoms with Crippen LogP contribution in [-0.2, 0) is 4.79 Å². The van der Waals surface area contributed by atoms with Gasteiger partial charge in [0.25, 0.3) is 5.92 Å².